The maximum absolute atomic E-state index is 12.0. The molecule has 0 fully saturated rings. The van der Waals surface area contributed by atoms with E-state index in [9.17, 15) is 4.79 Å². The first-order valence-corrected chi connectivity index (χ1v) is 7.01. The van der Waals surface area contributed by atoms with Crippen LogP contribution in [-0.2, 0) is 0 Å². The van der Waals surface area contributed by atoms with Crippen molar-refractivity contribution >= 4 is 42.1 Å². The molecule has 116 valence electrons. The van der Waals surface area contributed by atoms with Gasteiger partial charge in [0.25, 0.3) is 5.91 Å². The highest BCUT2D eigenvalue weighted by atomic mass is 35.5. The van der Waals surface area contributed by atoms with Crippen molar-refractivity contribution in [1.82, 2.24) is 10.3 Å². The van der Waals surface area contributed by atoms with Gasteiger partial charge in [-0.1, -0.05) is 12.1 Å². The van der Waals surface area contributed by atoms with E-state index in [4.69, 9.17) is 5.73 Å². The highest BCUT2D eigenvalue weighted by Gasteiger charge is 2.10. The normalized spacial score (nSPS) is 11.0. The summed E-state index contributed by atoms with van der Waals surface area (Å²) in [5.74, 6) is -0.104. The fourth-order valence-electron chi connectivity index (χ4n) is 1.65. The molecule has 0 saturated carbocycles. The molecule has 0 aliphatic carbocycles. The number of nitrogens with two attached hydrogens (primary N) is 1. The summed E-state index contributed by atoms with van der Waals surface area (Å²) >= 11 is 1.58. The third-order valence-electron chi connectivity index (χ3n) is 2.72. The van der Waals surface area contributed by atoms with E-state index in [1.165, 1.54) is 0 Å². The van der Waals surface area contributed by atoms with Gasteiger partial charge in [-0.2, -0.15) is 0 Å². The minimum absolute atomic E-state index is 0. The van der Waals surface area contributed by atoms with Crippen LogP contribution in [0.1, 0.15) is 23.0 Å². The molecule has 0 spiro atoms. The predicted molar refractivity (Wildman–Crippen MR) is 92.8 cm³/mol. The van der Waals surface area contributed by atoms with Gasteiger partial charge >= 0.3 is 0 Å². The third kappa shape index (κ3) is 5.28. The molecule has 1 aromatic heterocycles. The molecule has 3 N–H and O–H groups in total. The minimum Gasteiger partial charge on any atom is -0.348 e. The summed E-state index contributed by atoms with van der Waals surface area (Å²) in [6.07, 6.45) is 0. The third-order valence-corrected chi connectivity index (χ3v) is 3.73. The predicted octanol–water partition coefficient (Wildman–Crippen LogP) is 3.04. The minimum atomic E-state index is -0.104. The molecule has 1 aromatic carbocycles. The maximum Gasteiger partial charge on any atom is 0.251 e. The van der Waals surface area contributed by atoms with Crippen molar-refractivity contribution in [2.24, 2.45) is 5.73 Å². The first kappa shape index (κ1) is 19.9. The van der Waals surface area contributed by atoms with Crippen molar-refractivity contribution in [2.75, 3.05) is 6.54 Å². The number of carbonyl (C=O) groups excluding carboxylic acids is 1. The molecule has 1 amide bonds. The molecule has 1 heterocycles. The lowest BCUT2D eigenvalue weighted by Gasteiger charge is -2.11. The summed E-state index contributed by atoms with van der Waals surface area (Å²) in [5.41, 5.74) is 8.09. The number of hydrogen-bond acceptors (Lipinski definition) is 4. The van der Waals surface area contributed by atoms with Gasteiger partial charge in [0.15, 0.2) is 0 Å². The second kappa shape index (κ2) is 9.00. The van der Waals surface area contributed by atoms with E-state index >= 15 is 0 Å². The van der Waals surface area contributed by atoms with Crippen molar-refractivity contribution in [3.8, 4) is 10.6 Å². The van der Waals surface area contributed by atoms with E-state index in [1.807, 2.05) is 37.4 Å². The lowest BCUT2D eigenvalue weighted by Crippen LogP contribution is -2.37. The summed E-state index contributed by atoms with van der Waals surface area (Å²) in [6.45, 7) is 4.27. The molecule has 0 bridgehead atoms. The Hall–Kier alpha value is -1.14. The Labute approximate surface area is 141 Å². The summed E-state index contributed by atoms with van der Waals surface area (Å²) in [6, 6.07) is 7.45. The number of thiazole rings is 1. The van der Waals surface area contributed by atoms with Crippen LogP contribution in [-0.4, -0.2) is 23.5 Å². The number of halogens is 2. The molecule has 2 rings (SSSR count). The average molecular weight is 348 g/mol. The molecule has 0 radical (unpaired) electrons. The Bertz CT molecular complexity index is 589. The first-order chi connectivity index (χ1) is 9.10. The van der Waals surface area contributed by atoms with Crippen LogP contribution >= 0.6 is 36.2 Å². The van der Waals surface area contributed by atoms with Crippen molar-refractivity contribution < 1.29 is 4.79 Å². The molecule has 0 unspecified atom stereocenters. The molecule has 0 aliphatic heterocycles. The van der Waals surface area contributed by atoms with Crippen LogP contribution in [0.15, 0.2) is 29.6 Å². The topological polar surface area (TPSA) is 68.0 Å². The van der Waals surface area contributed by atoms with Crippen molar-refractivity contribution in [3.05, 3.63) is 40.9 Å². The van der Waals surface area contributed by atoms with Gasteiger partial charge < -0.3 is 11.1 Å². The van der Waals surface area contributed by atoms with Crippen LogP contribution in [0.2, 0.25) is 0 Å². The SMILES string of the molecule is Cc1csc(-c2cccc(C(=O)N[C@@H](C)CN)c2)n1.Cl.Cl. The molecule has 4 nitrogen and oxygen atoms in total. The first-order valence-electron chi connectivity index (χ1n) is 6.13. The van der Waals surface area contributed by atoms with E-state index < -0.39 is 0 Å². The summed E-state index contributed by atoms with van der Waals surface area (Å²) < 4.78 is 0. The van der Waals surface area contributed by atoms with E-state index in [0.717, 1.165) is 16.3 Å². The number of aromatic nitrogens is 1. The van der Waals surface area contributed by atoms with E-state index in [-0.39, 0.29) is 36.8 Å². The van der Waals surface area contributed by atoms with Gasteiger partial charge in [0.05, 0.1) is 0 Å². The van der Waals surface area contributed by atoms with Crippen LogP contribution in [0.4, 0.5) is 0 Å². The number of hydrogen-bond donors (Lipinski definition) is 2. The maximum atomic E-state index is 12.0. The van der Waals surface area contributed by atoms with E-state index in [2.05, 4.69) is 10.3 Å². The average Bonchev–Trinajstić information content (AvgIpc) is 2.85. The summed E-state index contributed by atoms with van der Waals surface area (Å²) in [5, 5.41) is 5.78. The molecule has 1 atom stereocenters. The number of carbonyl (C=O) groups is 1. The lowest BCUT2D eigenvalue weighted by atomic mass is 10.1. The highest BCUT2D eigenvalue weighted by Crippen LogP contribution is 2.24. The van der Waals surface area contributed by atoms with E-state index in [0.29, 0.717) is 12.1 Å². The number of aryl methyl sites for hydroxylation is 1. The number of nitrogens with zero attached hydrogens (tertiary/aromatic N) is 1. The standard InChI is InChI=1S/C14H17N3OS.2ClH/c1-9(7-15)16-13(18)11-4-3-5-12(6-11)14-17-10(2)8-19-14;;/h3-6,8-9H,7,15H2,1-2H3,(H,16,18);2*1H/t9-;;/m0../s1. The van der Waals surface area contributed by atoms with Gasteiger partial charge in [-0.05, 0) is 26.0 Å². The van der Waals surface area contributed by atoms with Crippen molar-refractivity contribution in [1.29, 1.82) is 0 Å². The number of benzene rings is 1. The molecule has 7 heteroatoms. The van der Waals surface area contributed by atoms with Crippen molar-refractivity contribution in [3.63, 3.8) is 0 Å². The Kier molecular flexibility index (Phi) is 8.51. The van der Waals surface area contributed by atoms with Crippen LogP contribution in [0.5, 0.6) is 0 Å². The highest BCUT2D eigenvalue weighted by molar-refractivity contribution is 7.13. The molecule has 0 aliphatic rings. The number of nitrogens with one attached hydrogen (secondary N) is 1. The van der Waals surface area contributed by atoms with Gasteiger partial charge in [0.1, 0.15) is 5.01 Å². The van der Waals surface area contributed by atoms with Crippen LogP contribution in [0.25, 0.3) is 10.6 Å². The summed E-state index contributed by atoms with van der Waals surface area (Å²) in [7, 11) is 0. The van der Waals surface area contributed by atoms with Gasteiger partial charge in [-0.3, -0.25) is 4.79 Å². The largest absolute Gasteiger partial charge is 0.348 e. The van der Waals surface area contributed by atoms with E-state index in [1.54, 1.807) is 17.4 Å². The molecular formula is C14H19Cl2N3OS. The monoisotopic (exact) mass is 347 g/mol. The molecule has 0 saturated heterocycles. The molecule has 2 aromatic rings. The summed E-state index contributed by atoms with van der Waals surface area (Å²) in [4.78, 5) is 16.4. The van der Waals surface area contributed by atoms with Gasteiger partial charge in [-0.25, -0.2) is 4.98 Å². The number of rotatable bonds is 4. The second-order valence-electron chi connectivity index (χ2n) is 4.49. The van der Waals surface area contributed by atoms with Gasteiger partial charge in [0, 0.05) is 34.8 Å². The van der Waals surface area contributed by atoms with Gasteiger partial charge in [0.2, 0.25) is 0 Å². The molecule has 21 heavy (non-hydrogen) atoms. The Morgan fingerprint density at radius 1 is 1.43 bits per heavy atom. The lowest BCUT2D eigenvalue weighted by molar-refractivity contribution is 0.0941. The Balaban J connectivity index is 0.00000200. The molecular weight excluding hydrogens is 329 g/mol. The quantitative estimate of drug-likeness (QED) is 0.892. The second-order valence-corrected chi connectivity index (χ2v) is 5.34. The number of amides is 1. The zero-order valence-electron chi connectivity index (χ0n) is 11.8. The Morgan fingerprint density at radius 3 is 2.71 bits per heavy atom. The van der Waals surface area contributed by atoms with Crippen LogP contribution < -0.4 is 11.1 Å². The fourth-order valence-corrected chi connectivity index (χ4v) is 2.44. The fraction of sp³-hybridized carbons (Fsp3) is 0.286. The zero-order valence-corrected chi connectivity index (χ0v) is 14.3. The van der Waals surface area contributed by atoms with Crippen LogP contribution in [0, 0.1) is 6.92 Å². The van der Waals surface area contributed by atoms with Crippen molar-refractivity contribution in [2.45, 2.75) is 19.9 Å². The van der Waals surface area contributed by atoms with Crippen LogP contribution in [0.3, 0.4) is 0 Å². The van der Waals surface area contributed by atoms with Gasteiger partial charge in [-0.15, -0.1) is 36.2 Å². The smallest absolute Gasteiger partial charge is 0.251 e. The zero-order chi connectivity index (χ0) is 13.8. The Morgan fingerprint density at radius 2 is 2.14 bits per heavy atom.